The van der Waals surface area contributed by atoms with Gasteiger partial charge in [0.25, 0.3) is 0 Å². The number of nitrogen functional groups attached to an aromatic ring is 1. The zero-order valence-electron chi connectivity index (χ0n) is 9.31. The third-order valence-corrected chi connectivity index (χ3v) is 3.04. The Labute approximate surface area is 95.3 Å². The molecule has 0 atom stereocenters. The Morgan fingerprint density at radius 3 is 2.40 bits per heavy atom. The molecule has 0 aliphatic rings. The van der Waals surface area contributed by atoms with Gasteiger partial charge in [0.1, 0.15) is 0 Å². The van der Waals surface area contributed by atoms with Crippen molar-refractivity contribution in [2.75, 3.05) is 31.1 Å². The average molecular weight is 226 g/mol. The van der Waals surface area contributed by atoms with Crippen molar-refractivity contribution < 1.29 is 0 Å². The number of aromatic nitrogens is 2. The molecule has 0 unspecified atom stereocenters. The van der Waals surface area contributed by atoms with E-state index in [4.69, 9.17) is 5.73 Å². The summed E-state index contributed by atoms with van der Waals surface area (Å²) in [5, 5.41) is 0.802. The fraction of sp³-hybridized carbons (Fsp3) is 0.600. The van der Waals surface area contributed by atoms with Crippen LogP contribution in [0, 0.1) is 0 Å². The number of nitrogens with zero attached hydrogens (tertiary/aromatic N) is 3. The zero-order valence-corrected chi connectivity index (χ0v) is 10.1. The number of thioether (sulfide) groups is 1. The minimum absolute atomic E-state index is 0.614. The van der Waals surface area contributed by atoms with E-state index in [0.717, 1.165) is 30.5 Å². The number of hydrogen-bond donors (Lipinski definition) is 1. The molecular weight excluding hydrogens is 208 g/mol. The Morgan fingerprint density at radius 1 is 1.27 bits per heavy atom. The number of rotatable bonds is 6. The van der Waals surface area contributed by atoms with Crippen LogP contribution in [0.3, 0.4) is 0 Å². The minimum Gasteiger partial charge on any atom is -0.396 e. The molecule has 0 spiro atoms. The van der Waals surface area contributed by atoms with Crippen LogP contribution in [0.2, 0.25) is 0 Å². The molecule has 15 heavy (non-hydrogen) atoms. The van der Waals surface area contributed by atoms with Crippen LogP contribution in [0.25, 0.3) is 0 Å². The van der Waals surface area contributed by atoms with Gasteiger partial charge in [-0.1, -0.05) is 25.6 Å². The summed E-state index contributed by atoms with van der Waals surface area (Å²) in [4.78, 5) is 10.6. The second-order valence-electron chi connectivity index (χ2n) is 3.17. The molecule has 0 amide bonds. The van der Waals surface area contributed by atoms with Crippen LogP contribution in [0.5, 0.6) is 0 Å². The molecule has 0 bridgehead atoms. The Kier molecular flexibility index (Phi) is 5.42. The van der Waals surface area contributed by atoms with E-state index in [1.54, 1.807) is 24.2 Å². The quantitative estimate of drug-likeness (QED) is 0.588. The standard InChI is InChI=1S/C10H18N4S/c1-3-14(4-2)5-6-15-10-12-7-9(11)8-13-10/h7-8H,3-6,11H2,1-2H3. The molecule has 0 aliphatic heterocycles. The molecule has 1 rings (SSSR count). The first-order valence-electron chi connectivity index (χ1n) is 5.19. The highest BCUT2D eigenvalue weighted by Crippen LogP contribution is 2.12. The molecule has 5 heteroatoms. The van der Waals surface area contributed by atoms with Gasteiger partial charge in [0.05, 0.1) is 18.1 Å². The molecule has 0 radical (unpaired) electrons. The Hall–Kier alpha value is -0.810. The van der Waals surface area contributed by atoms with Gasteiger partial charge >= 0.3 is 0 Å². The highest BCUT2D eigenvalue weighted by Gasteiger charge is 2.01. The van der Waals surface area contributed by atoms with Crippen LogP contribution in [0.15, 0.2) is 17.6 Å². The summed E-state index contributed by atoms with van der Waals surface area (Å²) in [6, 6.07) is 0. The maximum Gasteiger partial charge on any atom is 0.187 e. The minimum atomic E-state index is 0.614. The molecule has 1 aromatic heterocycles. The highest BCUT2D eigenvalue weighted by atomic mass is 32.2. The molecule has 1 aromatic rings. The SMILES string of the molecule is CCN(CC)CCSc1ncc(N)cn1. The van der Waals surface area contributed by atoms with Crippen molar-refractivity contribution >= 4 is 17.4 Å². The van der Waals surface area contributed by atoms with E-state index in [2.05, 4.69) is 28.7 Å². The van der Waals surface area contributed by atoms with E-state index in [1.165, 1.54) is 0 Å². The van der Waals surface area contributed by atoms with Crippen molar-refractivity contribution in [3.63, 3.8) is 0 Å². The second-order valence-corrected chi connectivity index (χ2v) is 4.24. The fourth-order valence-electron chi connectivity index (χ4n) is 1.21. The third-order valence-electron chi connectivity index (χ3n) is 2.18. The first kappa shape index (κ1) is 12.3. The van der Waals surface area contributed by atoms with Crippen LogP contribution in [0.4, 0.5) is 5.69 Å². The highest BCUT2D eigenvalue weighted by molar-refractivity contribution is 7.99. The van der Waals surface area contributed by atoms with Crippen LogP contribution >= 0.6 is 11.8 Å². The van der Waals surface area contributed by atoms with Gasteiger partial charge in [-0.3, -0.25) is 0 Å². The number of nitrogens with two attached hydrogens (primary N) is 1. The molecule has 4 nitrogen and oxygen atoms in total. The molecule has 2 N–H and O–H groups in total. The van der Waals surface area contributed by atoms with Gasteiger partial charge in [-0.15, -0.1) is 0 Å². The van der Waals surface area contributed by atoms with E-state index in [-0.39, 0.29) is 0 Å². The number of anilines is 1. The van der Waals surface area contributed by atoms with Crippen molar-refractivity contribution in [2.24, 2.45) is 0 Å². The van der Waals surface area contributed by atoms with Gasteiger partial charge in [0.15, 0.2) is 5.16 Å². The lowest BCUT2D eigenvalue weighted by Crippen LogP contribution is -2.25. The van der Waals surface area contributed by atoms with Crippen molar-refractivity contribution in [3.8, 4) is 0 Å². The lowest BCUT2D eigenvalue weighted by atomic mass is 10.5. The van der Waals surface area contributed by atoms with Crippen molar-refractivity contribution in [1.82, 2.24) is 14.9 Å². The van der Waals surface area contributed by atoms with Crippen LogP contribution < -0.4 is 5.73 Å². The summed E-state index contributed by atoms with van der Waals surface area (Å²) < 4.78 is 0. The summed E-state index contributed by atoms with van der Waals surface area (Å²) in [6.07, 6.45) is 3.29. The van der Waals surface area contributed by atoms with Gasteiger partial charge < -0.3 is 10.6 Å². The van der Waals surface area contributed by atoms with Crippen molar-refractivity contribution in [1.29, 1.82) is 0 Å². The molecule has 0 fully saturated rings. The molecule has 0 saturated heterocycles. The van der Waals surface area contributed by atoms with Crippen LogP contribution in [-0.4, -0.2) is 40.3 Å². The van der Waals surface area contributed by atoms with Gasteiger partial charge in [-0.2, -0.15) is 0 Å². The largest absolute Gasteiger partial charge is 0.396 e. The molecule has 0 aliphatic carbocycles. The third kappa shape index (κ3) is 4.48. The summed E-state index contributed by atoms with van der Waals surface area (Å²) >= 11 is 1.67. The lowest BCUT2D eigenvalue weighted by Gasteiger charge is -2.16. The second kappa shape index (κ2) is 6.63. The molecule has 84 valence electrons. The monoisotopic (exact) mass is 226 g/mol. The van der Waals surface area contributed by atoms with E-state index in [0.29, 0.717) is 5.69 Å². The summed E-state index contributed by atoms with van der Waals surface area (Å²) in [6.45, 7) is 7.62. The smallest absolute Gasteiger partial charge is 0.187 e. The predicted octanol–water partition coefficient (Wildman–Crippen LogP) is 1.49. The Balaban J connectivity index is 2.28. The molecule has 0 aromatic carbocycles. The van der Waals surface area contributed by atoms with Crippen LogP contribution in [-0.2, 0) is 0 Å². The Bertz CT molecular complexity index is 271. The zero-order chi connectivity index (χ0) is 11.1. The summed E-state index contributed by atoms with van der Waals surface area (Å²) in [5.41, 5.74) is 6.12. The summed E-state index contributed by atoms with van der Waals surface area (Å²) in [7, 11) is 0. The fourth-order valence-corrected chi connectivity index (χ4v) is 1.99. The summed E-state index contributed by atoms with van der Waals surface area (Å²) in [5.74, 6) is 1.02. The molecule has 0 saturated carbocycles. The maximum atomic E-state index is 5.50. The van der Waals surface area contributed by atoms with E-state index in [9.17, 15) is 0 Å². The van der Waals surface area contributed by atoms with Gasteiger partial charge in [-0.05, 0) is 13.1 Å². The first-order chi connectivity index (χ1) is 7.26. The van der Waals surface area contributed by atoms with Gasteiger partial charge in [0, 0.05) is 12.3 Å². The average Bonchev–Trinajstić information content (AvgIpc) is 2.27. The van der Waals surface area contributed by atoms with Gasteiger partial charge in [0.2, 0.25) is 0 Å². The number of hydrogen-bond acceptors (Lipinski definition) is 5. The van der Waals surface area contributed by atoms with Gasteiger partial charge in [-0.25, -0.2) is 9.97 Å². The predicted molar refractivity (Wildman–Crippen MR) is 65.0 cm³/mol. The van der Waals surface area contributed by atoms with Crippen LogP contribution in [0.1, 0.15) is 13.8 Å². The van der Waals surface area contributed by atoms with Crippen molar-refractivity contribution in [2.45, 2.75) is 19.0 Å². The van der Waals surface area contributed by atoms with Crippen molar-refractivity contribution in [3.05, 3.63) is 12.4 Å². The van der Waals surface area contributed by atoms with E-state index < -0.39 is 0 Å². The lowest BCUT2D eigenvalue weighted by molar-refractivity contribution is 0.324. The maximum absolute atomic E-state index is 5.50. The topological polar surface area (TPSA) is 55.0 Å². The Morgan fingerprint density at radius 2 is 1.87 bits per heavy atom. The normalized spacial score (nSPS) is 10.9. The van der Waals surface area contributed by atoms with E-state index in [1.807, 2.05) is 0 Å². The molecular formula is C10H18N4S. The molecule has 1 heterocycles. The van der Waals surface area contributed by atoms with E-state index >= 15 is 0 Å². The first-order valence-corrected chi connectivity index (χ1v) is 6.17.